The number of hydrogen-bond donors (Lipinski definition) is 0. The Bertz CT molecular complexity index is 418. The van der Waals surface area contributed by atoms with Gasteiger partial charge in [0.25, 0.3) is 0 Å². The van der Waals surface area contributed by atoms with Gasteiger partial charge in [0.05, 0.1) is 0 Å². The van der Waals surface area contributed by atoms with Crippen LogP contribution < -0.4 is 0 Å². The first-order valence-electron chi connectivity index (χ1n) is 5.64. The molecule has 0 bridgehead atoms. The van der Waals surface area contributed by atoms with E-state index in [9.17, 15) is 0 Å². The molecule has 2 heterocycles. The molecule has 0 saturated carbocycles. The molecule has 1 heteroatoms. The molecule has 0 aliphatic carbocycles. The lowest BCUT2D eigenvalue weighted by Gasteiger charge is -2.18. The van der Waals surface area contributed by atoms with Gasteiger partial charge < -0.3 is 4.40 Å². The van der Waals surface area contributed by atoms with Crippen LogP contribution in [0.5, 0.6) is 0 Å². The quantitative estimate of drug-likeness (QED) is 0.602. The highest BCUT2D eigenvalue weighted by Gasteiger charge is 2.13. The van der Waals surface area contributed by atoms with Crippen molar-refractivity contribution in [3.05, 3.63) is 42.2 Å². The predicted molar refractivity (Wildman–Crippen MR) is 67.4 cm³/mol. The molecule has 1 nitrogen and oxygen atoms in total. The average Bonchev–Trinajstić information content (AvgIpc) is 2.66. The van der Waals surface area contributed by atoms with Crippen LogP contribution >= 0.6 is 0 Å². The summed E-state index contributed by atoms with van der Waals surface area (Å²) in [6, 6.07) is 8.64. The molecule has 0 aliphatic rings. The highest BCUT2D eigenvalue weighted by molar-refractivity contribution is 5.50. The lowest BCUT2D eigenvalue weighted by atomic mass is 9.88. The molecule has 2 rings (SSSR count). The molecule has 2 aromatic heterocycles. The van der Waals surface area contributed by atoms with E-state index in [0.29, 0.717) is 0 Å². The minimum atomic E-state index is 0.242. The first-order valence-corrected chi connectivity index (χ1v) is 5.64. The van der Waals surface area contributed by atoms with Crippen LogP contribution in [0.25, 0.3) is 5.52 Å². The second-order valence-electron chi connectivity index (χ2n) is 4.51. The fourth-order valence-corrected chi connectivity index (χ4v) is 1.50. The molecule has 0 unspecified atom stereocenters. The van der Waals surface area contributed by atoms with Crippen LogP contribution in [0, 0.1) is 0 Å². The van der Waals surface area contributed by atoms with Crippen molar-refractivity contribution in [3.63, 3.8) is 0 Å². The fraction of sp³-hybridized carbons (Fsp3) is 0.429. The summed E-state index contributed by atoms with van der Waals surface area (Å²) in [6.07, 6.45) is 4.19. The van der Waals surface area contributed by atoms with Gasteiger partial charge >= 0.3 is 0 Å². The van der Waals surface area contributed by atoms with Gasteiger partial charge in [-0.25, -0.2) is 0 Å². The van der Waals surface area contributed by atoms with Gasteiger partial charge in [0.15, 0.2) is 0 Å². The van der Waals surface area contributed by atoms with Gasteiger partial charge in [-0.3, -0.25) is 0 Å². The van der Waals surface area contributed by atoms with E-state index < -0.39 is 0 Å². The standard InChI is InChI=1S/C12H15N.C2H6/c1-12(2,3)10-6-8-13-7-4-5-11(13)9-10;1-2/h4-9H,1-3H3;1-2H3. The molecular formula is C14H21N. The summed E-state index contributed by atoms with van der Waals surface area (Å²) >= 11 is 0. The molecule has 82 valence electrons. The van der Waals surface area contributed by atoms with Crippen molar-refractivity contribution >= 4 is 5.52 Å². The summed E-state index contributed by atoms with van der Waals surface area (Å²) in [7, 11) is 0. The van der Waals surface area contributed by atoms with E-state index in [1.165, 1.54) is 11.1 Å². The minimum absolute atomic E-state index is 0.242. The average molecular weight is 203 g/mol. The molecule has 0 atom stereocenters. The van der Waals surface area contributed by atoms with Crippen LogP contribution in [0.1, 0.15) is 40.2 Å². The van der Waals surface area contributed by atoms with Crippen LogP contribution in [0.2, 0.25) is 0 Å². The predicted octanol–water partition coefficient (Wildman–Crippen LogP) is 4.26. The molecule has 0 N–H and O–H groups in total. The third kappa shape index (κ3) is 2.62. The summed E-state index contributed by atoms with van der Waals surface area (Å²) in [5.41, 5.74) is 2.90. The molecule has 0 saturated heterocycles. The molecular weight excluding hydrogens is 182 g/mol. The van der Waals surface area contributed by atoms with Crippen LogP contribution in [0.15, 0.2) is 36.7 Å². The molecule has 0 amide bonds. The van der Waals surface area contributed by atoms with Crippen molar-refractivity contribution in [2.24, 2.45) is 0 Å². The second kappa shape index (κ2) is 4.52. The topological polar surface area (TPSA) is 4.41 Å². The molecule has 15 heavy (non-hydrogen) atoms. The highest BCUT2D eigenvalue weighted by atomic mass is 14.8. The molecule has 0 aliphatic heterocycles. The van der Waals surface area contributed by atoms with Crippen LogP contribution in [-0.2, 0) is 5.41 Å². The maximum absolute atomic E-state index is 2.25. The number of aromatic nitrogens is 1. The van der Waals surface area contributed by atoms with Crippen molar-refractivity contribution in [3.8, 4) is 0 Å². The first-order chi connectivity index (χ1) is 7.07. The Labute approximate surface area is 92.7 Å². The Kier molecular flexibility index (Phi) is 3.57. The Balaban J connectivity index is 0.000000531. The Morgan fingerprint density at radius 1 is 1.00 bits per heavy atom. The number of rotatable bonds is 0. The maximum Gasteiger partial charge on any atom is 0.0452 e. The van der Waals surface area contributed by atoms with E-state index in [-0.39, 0.29) is 5.41 Å². The fourth-order valence-electron chi connectivity index (χ4n) is 1.50. The monoisotopic (exact) mass is 203 g/mol. The van der Waals surface area contributed by atoms with Gasteiger partial charge in [0.2, 0.25) is 0 Å². The summed E-state index contributed by atoms with van der Waals surface area (Å²) in [5, 5.41) is 0. The van der Waals surface area contributed by atoms with Crippen LogP contribution in [0.3, 0.4) is 0 Å². The zero-order valence-electron chi connectivity index (χ0n) is 10.4. The Morgan fingerprint density at radius 3 is 2.27 bits per heavy atom. The van der Waals surface area contributed by atoms with Crippen molar-refractivity contribution in [2.45, 2.75) is 40.0 Å². The van der Waals surface area contributed by atoms with Crippen molar-refractivity contribution in [1.82, 2.24) is 4.40 Å². The third-order valence-electron chi connectivity index (χ3n) is 2.40. The van der Waals surface area contributed by atoms with E-state index in [1.54, 1.807) is 0 Å². The zero-order valence-corrected chi connectivity index (χ0v) is 10.4. The lowest BCUT2D eigenvalue weighted by Crippen LogP contribution is -2.10. The lowest BCUT2D eigenvalue weighted by molar-refractivity contribution is 0.590. The van der Waals surface area contributed by atoms with Gasteiger partial charge in [-0.15, -0.1) is 0 Å². The SMILES string of the molecule is CC.CC(C)(C)c1ccn2cccc2c1. The maximum atomic E-state index is 2.25. The number of nitrogens with zero attached hydrogens (tertiary/aromatic N) is 1. The van der Waals surface area contributed by atoms with Gasteiger partial charge in [-0.1, -0.05) is 34.6 Å². The second-order valence-corrected chi connectivity index (χ2v) is 4.51. The molecule has 0 spiro atoms. The van der Waals surface area contributed by atoms with Gasteiger partial charge in [-0.2, -0.15) is 0 Å². The molecule has 2 aromatic rings. The Morgan fingerprint density at radius 2 is 1.67 bits per heavy atom. The normalized spacial score (nSPS) is 11.0. The van der Waals surface area contributed by atoms with Gasteiger partial charge in [0, 0.05) is 17.9 Å². The van der Waals surface area contributed by atoms with Gasteiger partial charge in [0.1, 0.15) is 0 Å². The van der Waals surface area contributed by atoms with Crippen molar-refractivity contribution in [2.75, 3.05) is 0 Å². The summed E-state index contributed by atoms with van der Waals surface area (Å²) in [4.78, 5) is 0. The molecule has 0 aromatic carbocycles. The minimum Gasteiger partial charge on any atom is -0.324 e. The third-order valence-corrected chi connectivity index (χ3v) is 2.40. The summed E-state index contributed by atoms with van der Waals surface area (Å²) in [6.45, 7) is 10.7. The van der Waals surface area contributed by atoms with Crippen molar-refractivity contribution in [1.29, 1.82) is 0 Å². The molecule has 0 radical (unpaired) electrons. The summed E-state index contributed by atoms with van der Waals surface area (Å²) in [5.74, 6) is 0. The number of pyridine rings is 1. The number of fused-ring (bicyclic) bond motifs is 1. The molecule has 0 fully saturated rings. The van der Waals surface area contributed by atoms with E-state index in [2.05, 4.69) is 61.8 Å². The zero-order chi connectivity index (χ0) is 11.5. The Hall–Kier alpha value is -1.24. The summed E-state index contributed by atoms with van der Waals surface area (Å²) < 4.78 is 2.13. The smallest absolute Gasteiger partial charge is 0.0452 e. The van der Waals surface area contributed by atoms with E-state index >= 15 is 0 Å². The van der Waals surface area contributed by atoms with Gasteiger partial charge in [-0.05, 0) is 35.2 Å². The largest absolute Gasteiger partial charge is 0.324 e. The van der Waals surface area contributed by atoms with Crippen molar-refractivity contribution < 1.29 is 0 Å². The highest BCUT2D eigenvalue weighted by Crippen LogP contribution is 2.23. The number of hydrogen-bond acceptors (Lipinski definition) is 0. The van der Waals surface area contributed by atoms with E-state index in [4.69, 9.17) is 0 Å². The van der Waals surface area contributed by atoms with Crippen LogP contribution in [0.4, 0.5) is 0 Å². The van der Waals surface area contributed by atoms with E-state index in [1.807, 2.05) is 13.8 Å². The first kappa shape index (κ1) is 11.8. The van der Waals surface area contributed by atoms with Crippen LogP contribution in [-0.4, -0.2) is 4.40 Å². The van der Waals surface area contributed by atoms with E-state index in [0.717, 1.165) is 0 Å².